The Hall–Kier alpha value is -2.62. The summed E-state index contributed by atoms with van der Waals surface area (Å²) in [6, 6.07) is 8.89. The quantitative estimate of drug-likeness (QED) is 0.394. The molecular formula is C28H33F4N3O2. The van der Waals surface area contributed by atoms with Gasteiger partial charge in [0.05, 0.1) is 19.3 Å². The molecule has 37 heavy (non-hydrogen) atoms. The number of hydrogen-bond acceptors (Lipinski definition) is 4. The molecule has 5 rings (SSSR count). The largest absolute Gasteiger partial charge is 0.488 e. The van der Waals surface area contributed by atoms with Crippen LogP contribution in [0.5, 0.6) is 5.75 Å². The van der Waals surface area contributed by atoms with Crippen molar-refractivity contribution in [1.29, 1.82) is 0 Å². The lowest BCUT2D eigenvalue weighted by molar-refractivity contribution is 0.0151. The molecule has 3 atom stereocenters. The van der Waals surface area contributed by atoms with E-state index in [9.17, 15) is 9.50 Å². The monoisotopic (exact) mass is 519 g/mol. The summed E-state index contributed by atoms with van der Waals surface area (Å²) < 4.78 is 64.7. The molecule has 0 radical (unpaired) electrons. The number of H-pyrrole nitrogens is 1. The Labute approximate surface area is 214 Å². The van der Waals surface area contributed by atoms with Gasteiger partial charge in [0.15, 0.2) is 0 Å². The molecule has 3 aromatic rings. The van der Waals surface area contributed by atoms with Crippen molar-refractivity contribution in [2.75, 3.05) is 39.5 Å². The fourth-order valence-corrected chi connectivity index (χ4v) is 5.64. The topological polar surface area (TPSA) is 51.7 Å². The van der Waals surface area contributed by atoms with E-state index in [1.54, 1.807) is 4.90 Å². The van der Waals surface area contributed by atoms with Crippen LogP contribution in [0, 0.1) is 11.6 Å². The van der Waals surface area contributed by atoms with E-state index < -0.39 is 30.0 Å². The number of fused-ring (bicyclic) bond motifs is 3. The number of nitrogens with one attached hydrogen (secondary N) is 1. The first-order valence-electron chi connectivity index (χ1n) is 12.8. The second kappa shape index (κ2) is 10.3. The van der Waals surface area contributed by atoms with E-state index in [4.69, 9.17) is 4.74 Å². The number of aromatic nitrogens is 1. The first-order chi connectivity index (χ1) is 17.7. The number of aromatic amines is 1. The van der Waals surface area contributed by atoms with Gasteiger partial charge in [0.25, 0.3) is 0 Å². The van der Waals surface area contributed by atoms with Gasteiger partial charge in [-0.05, 0) is 38.3 Å². The van der Waals surface area contributed by atoms with E-state index in [0.29, 0.717) is 38.2 Å². The zero-order valence-electron chi connectivity index (χ0n) is 21.1. The molecule has 0 saturated carbocycles. The molecule has 1 saturated heterocycles. The number of alkyl halides is 2. The van der Waals surface area contributed by atoms with Crippen molar-refractivity contribution >= 4 is 10.9 Å². The van der Waals surface area contributed by atoms with Crippen molar-refractivity contribution in [2.24, 2.45) is 0 Å². The summed E-state index contributed by atoms with van der Waals surface area (Å²) in [5.41, 5.74) is 0.292. The molecule has 0 amide bonds. The van der Waals surface area contributed by atoms with Crippen molar-refractivity contribution in [3.8, 4) is 5.75 Å². The van der Waals surface area contributed by atoms with Crippen LogP contribution in [0.1, 0.15) is 43.1 Å². The fraction of sp³-hybridized carbons (Fsp3) is 0.500. The van der Waals surface area contributed by atoms with Crippen LogP contribution >= 0.6 is 0 Å². The van der Waals surface area contributed by atoms with Gasteiger partial charge in [-0.25, -0.2) is 13.2 Å². The van der Waals surface area contributed by atoms with Crippen molar-refractivity contribution in [3.05, 3.63) is 64.9 Å². The highest BCUT2D eigenvalue weighted by Crippen LogP contribution is 2.43. The highest BCUT2D eigenvalue weighted by Gasteiger charge is 2.42. The SMILES string of the molecule is C[C@@H]1Cc2c([nH]c3ccccc23)[C@@H](c2c(F)cc(OC3CN(CCCF)C3)cc2F)N1CC(C)(F)CO. The number of halogens is 4. The van der Waals surface area contributed by atoms with Crippen LogP contribution in [0.4, 0.5) is 17.6 Å². The summed E-state index contributed by atoms with van der Waals surface area (Å²) >= 11 is 0. The standard InChI is InChI=1S/C28H33F4N3O2/c1-17-10-21-20-6-3-4-7-24(20)33-26(21)27(35(17)15-28(2,32)16-36)25-22(30)11-18(12-23(25)31)37-19-13-34(14-19)9-5-8-29/h3-4,6-7,11-12,17,19,27,33,36H,5,8-10,13-16H2,1-2H3/t17-,27-,28?/m1/s1. The third-order valence-electron chi connectivity index (χ3n) is 7.52. The molecule has 9 heteroatoms. The molecule has 5 nitrogen and oxygen atoms in total. The number of rotatable bonds is 9. The zero-order chi connectivity index (χ0) is 26.3. The highest BCUT2D eigenvalue weighted by molar-refractivity contribution is 5.85. The molecule has 1 unspecified atom stereocenters. The lowest BCUT2D eigenvalue weighted by Crippen LogP contribution is -2.53. The molecule has 200 valence electrons. The summed E-state index contributed by atoms with van der Waals surface area (Å²) in [5, 5.41) is 10.6. The van der Waals surface area contributed by atoms with Gasteiger partial charge in [-0.3, -0.25) is 14.2 Å². The van der Waals surface area contributed by atoms with E-state index >= 15 is 13.2 Å². The number of aliphatic hydroxyl groups excluding tert-OH is 1. The van der Waals surface area contributed by atoms with E-state index in [0.717, 1.165) is 16.5 Å². The van der Waals surface area contributed by atoms with Gasteiger partial charge in [-0.1, -0.05) is 18.2 Å². The van der Waals surface area contributed by atoms with Gasteiger partial charge in [0.2, 0.25) is 0 Å². The Kier molecular flexibility index (Phi) is 7.22. The van der Waals surface area contributed by atoms with Crippen LogP contribution in [0.3, 0.4) is 0 Å². The second-order valence-electron chi connectivity index (χ2n) is 10.6. The van der Waals surface area contributed by atoms with Crippen molar-refractivity contribution in [3.63, 3.8) is 0 Å². The summed E-state index contributed by atoms with van der Waals surface area (Å²) in [7, 11) is 0. The second-order valence-corrected chi connectivity index (χ2v) is 10.6. The van der Waals surface area contributed by atoms with Crippen LogP contribution < -0.4 is 4.74 Å². The smallest absolute Gasteiger partial charge is 0.143 e. The number of hydrogen-bond donors (Lipinski definition) is 2. The van der Waals surface area contributed by atoms with Gasteiger partial charge in [0, 0.05) is 66.5 Å². The summed E-state index contributed by atoms with van der Waals surface area (Å²) in [4.78, 5) is 7.09. The lowest BCUT2D eigenvalue weighted by Gasteiger charge is -2.43. The van der Waals surface area contributed by atoms with Crippen molar-refractivity contribution in [2.45, 2.75) is 50.5 Å². The van der Waals surface area contributed by atoms with Gasteiger partial charge < -0.3 is 14.8 Å². The number of nitrogens with zero attached hydrogens (tertiary/aromatic N) is 2. The third kappa shape index (κ3) is 5.09. The average Bonchev–Trinajstić information content (AvgIpc) is 3.19. The first kappa shape index (κ1) is 26.0. The molecular weight excluding hydrogens is 486 g/mol. The number of para-hydroxylation sites is 1. The molecule has 2 aliphatic heterocycles. The van der Waals surface area contributed by atoms with Gasteiger partial charge in [-0.15, -0.1) is 0 Å². The average molecular weight is 520 g/mol. The maximum Gasteiger partial charge on any atom is 0.143 e. The minimum absolute atomic E-state index is 0.0897. The minimum atomic E-state index is -1.95. The summed E-state index contributed by atoms with van der Waals surface area (Å²) in [5.74, 6) is -1.46. The predicted octanol–water partition coefficient (Wildman–Crippen LogP) is 4.93. The van der Waals surface area contributed by atoms with Crippen LogP contribution in [-0.4, -0.2) is 77.2 Å². The van der Waals surface area contributed by atoms with E-state index in [2.05, 4.69) is 4.98 Å². The molecule has 0 aliphatic carbocycles. The van der Waals surface area contributed by atoms with E-state index in [1.807, 2.05) is 36.1 Å². The first-order valence-corrected chi connectivity index (χ1v) is 12.8. The molecule has 1 fully saturated rings. The normalized spacial score (nSPS) is 22.6. The Morgan fingerprint density at radius 3 is 2.54 bits per heavy atom. The zero-order valence-corrected chi connectivity index (χ0v) is 21.1. The van der Waals surface area contributed by atoms with E-state index in [1.165, 1.54) is 19.1 Å². The summed E-state index contributed by atoms with van der Waals surface area (Å²) in [6.45, 7) is 3.69. The highest BCUT2D eigenvalue weighted by atomic mass is 19.1. The van der Waals surface area contributed by atoms with E-state index in [-0.39, 0.29) is 36.7 Å². The Balaban J connectivity index is 1.50. The van der Waals surface area contributed by atoms with Gasteiger partial charge in [0.1, 0.15) is 29.2 Å². The molecule has 3 heterocycles. The number of aliphatic hydroxyl groups is 1. The molecule has 0 spiro atoms. The van der Waals surface area contributed by atoms with Crippen molar-refractivity contribution < 1.29 is 27.4 Å². The minimum Gasteiger partial charge on any atom is -0.488 e. The lowest BCUT2D eigenvalue weighted by atomic mass is 9.87. The number of likely N-dealkylation sites (tertiary alicyclic amines) is 1. The Morgan fingerprint density at radius 1 is 1.16 bits per heavy atom. The van der Waals surface area contributed by atoms with Crippen molar-refractivity contribution in [1.82, 2.24) is 14.8 Å². The maximum atomic E-state index is 15.7. The number of ether oxygens (including phenoxy) is 1. The Bertz CT molecular complexity index is 1230. The summed E-state index contributed by atoms with van der Waals surface area (Å²) in [6.07, 6.45) is 0.806. The fourth-order valence-electron chi connectivity index (χ4n) is 5.64. The number of benzene rings is 2. The predicted molar refractivity (Wildman–Crippen MR) is 134 cm³/mol. The molecule has 2 aliphatic rings. The van der Waals surface area contributed by atoms with Crippen LogP contribution in [0.25, 0.3) is 10.9 Å². The van der Waals surface area contributed by atoms with Gasteiger partial charge >= 0.3 is 0 Å². The molecule has 0 bridgehead atoms. The van der Waals surface area contributed by atoms with Crippen LogP contribution in [-0.2, 0) is 6.42 Å². The molecule has 1 aromatic heterocycles. The third-order valence-corrected chi connectivity index (χ3v) is 7.52. The van der Waals surface area contributed by atoms with Crippen LogP contribution in [0.2, 0.25) is 0 Å². The van der Waals surface area contributed by atoms with Crippen LogP contribution in [0.15, 0.2) is 36.4 Å². The molecule has 2 aromatic carbocycles. The Morgan fingerprint density at radius 2 is 1.86 bits per heavy atom. The van der Waals surface area contributed by atoms with Gasteiger partial charge in [-0.2, -0.15) is 0 Å². The molecule has 2 N–H and O–H groups in total. The maximum absolute atomic E-state index is 15.7.